The van der Waals surface area contributed by atoms with Crippen LogP contribution in [0.1, 0.15) is 0 Å². The summed E-state index contributed by atoms with van der Waals surface area (Å²) in [5.74, 6) is 0.151. The van der Waals surface area contributed by atoms with Gasteiger partial charge in [0, 0.05) is 6.54 Å². The molecule has 72 valence electrons. The van der Waals surface area contributed by atoms with Gasteiger partial charge in [-0.3, -0.25) is 14.5 Å². The molecule has 0 atom stereocenters. The van der Waals surface area contributed by atoms with Gasteiger partial charge in [-0.25, -0.2) is 0 Å². The summed E-state index contributed by atoms with van der Waals surface area (Å²) >= 11 is 1.05. The third kappa shape index (κ3) is 2.57. The molecule has 0 spiro atoms. The van der Waals surface area contributed by atoms with E-state index in [1.54, 1.807) is 7.05 Å². The molecule has 13 heavy (non-hydrogen) atoms. The molecule has 1 fully saturated rings. The maximum absolute atomic E-state index is 11.1. The van der Waals surface area contributed by atoms with Crippen molar-refractivity contribution in [3.05, 3.63) is 12.2 Å². The summed E-state index contributed by atoms with van der Waals surface area (Å²) in [6.07, 6.45) is 0. The number of imide groups is 1. The summed E-state index contributed by atoms with van der Waals surface area (Å²) in [6, 6.07) is 0. The van der Waals surface area contributed by atoms with Crippen LogP contribution in [0, 0.1) is 0 Å². The van der Waals surface area contributed by atoms with Gasteiger partial charge in [-0.1, -0.05) is 18.3 Å². The highest BCUT2D eigenvalue weighted by atomic mass is 32.2. The molecule has 0 aromatic heterocycles. The van der Waals surface area contributed by atoms with Gasteiger partial charge in [0.2, 0.25) is 5.91 Å². The highest BCUT2D eigenvalue weighted by Gasteiger charge is 2.29. The predicted molar refractivity (Wildman–Crippen MR) is 52.6 cm³/mol. The second kappa shape index (κ2) is 4.43. The quantitative estimate of drug-likeness (QED) is 0.670. The lowest BCUT2D eigenvalue weighted by molar-refractivity contribution is -0.124. The third-order valence-corrected chi connectivity index (χ3v) is 2.51. The van der Waals surface area contributed by atoms with E-state index >= 15 is 0 Å². The number of carbonyl (C=O) groups excluding carboxylic acids is 2. The maximum atomic E-state index is 11.1. The van der Waals surface area contributed by atoms with Crippen LogP contribution < -0.4 is 5.32 Å². The topological polar surface area (TPSA) is 49.4 Å². The van der Waals surface area contributed by atoms with Crippen molar-refractivity contribution in [1.82, 2.24) is 10.2 Å². The van der Waals surface area contributed by atoms with Crippen LogP contribution in [0.3, 0.4) is 0 Å². The Morgan fingerprint density at radius 2 is 2.38 bits per heavy atom. The smallest absolute Gasteiger partial charge is 0.289 e. The number of rotatable bonds is 4. The van der Waals surface area contributed by atoms with E-state index in [2.05, 4.69) is 11.9 Å². The number of thioether (sulfide) groups is 1. The Balaban J connectivity index is 2.48. The molecular weight excluding hydrogens is 188 g/mol. The van der Waals surface area contributed by atoms with Crippen LogP contribution in [0.4, 0.5) is 4.79 Å². The molecule has 0 bridgehead atoms. The summed E-state index contributed by atoms with van der Waals surface area (Å²) in [7, 11) is 1.80. The molecule has 0 saturated carbocycles. The number of amides is 2. The third-order valence-electron chi connectivity index (χ3n) is 1.65. The second-order valence-electron chi connectivity index (χ2n) is 2.81. The van der Waals surface area contributed by atoms with Crippen LogP contribution in [0.2, 0.25) is 0 Å². The zero-order chi connectivity index (χ0) is 9.84. The monoisotopic (exact) mass is 200 g/mol. The van der Waals surface area contributed by atoms with E-state index in [4.69, 9.17) is 0 Å². The molecule has 0 radical (unpaired) electrons. The molecular formula is C8H12N2O2S. The Morgan fingerprint density at radius 3 is 2.85 bits per heavy atom. The van der Waals surface area contributed by atoms with Crippen molar-refractivity contribution >= 4 is 22.9 Å². The molecule has 4 nitrogen and oxygen atoms in total. The molecule has 0 aliphatic carbocycles. The number of hydrogen-bond donors (Lipinski definition) is 1. The number of nitrogens with zero attached hydrogens (tertiary/aromatic N) is 1. The van der Waals surface area contributed by atoms with Crippen LogP contribution in [0.25, 0.3) is 0 Å². The van der Waals surface area contributed by atoms with E-state index in [0.29, 0.717) is 13.1 Å². The van der Waals surface area contributed by atoms with E-state index in [-0.39, 0.29) is 16.9 Å². The molecule has 1 heterocycles. The van der Waals surface area contributed by atoms with Crippen LogP contribution in [0.15, 0.2) is 12.2 Å². The van der Waals surface area contributed by atoms with E-state index in [0.717, 1.165) is 17.3 Å². The minimum atomic E-state index is -0.165. The average molecular weight is 200 g/mol. The Morgan fingerprint density at radius 1 is 1.69 bits per heavy atom. The van der Waals surface area contributed by atoms with Crippen LogP contribution in [-0.4, -0.2) is 41.9 Å². The van der Waals surface area contributed by atoms with Crippen molar-refractivity contribution in [3.63, 3.8) is 0 Å². The van der Waals surface area contributed by atoms with Crippen molar-refractivity contribution in [2.45, 2.75) is 0 Å². The second-order valence-corrected chi connectivity index (χ2v) is 3.74. The van der Waals surface area contributed by atoms with Crippen molar-refractivity contribution in [2.75, 3.05) is 25.9 Å². The zero-order valence-electron chi connectivity index (χ0n) is 7.50. The Hall–Kier alpha value is -0.810. The first-order valence-corrected chi connectivity index (χ1v) is 4.92. The largest absolute Gasteiger partial charge is 0.316 e. The van der Waals surface area contributed by atoms with Gasteiger partial charge >= 0.3 is 0 Å². The zero-order valence-corrected chi connectivity index (χ0v) is 8.32. The van der Waals surface area contributed by atoms with Crippen molar-refractivity contribution in [2.24, 2.45) is 0 Å². The van der Waals surface area contributed by atoms with Crippen LogP contribution in [-0.2, 0) is 4.79 Å². The van der Waals surface area contributed by atoms with Gasteiger partial charge in [0.1, 0.15) is 0 Å². The molecule has 1 aliphatic heterocycles. The Kier molecular flexibility index (Phi) is 3.50. The number of hydrogen-bond acceptors (Lipinski definition) is 4. The van der Waals surface area contributed by atoms with Crippen molar-refractivity contribution in [1.29, 1.82) is 0 Å². The average Bonchev–Trinajstić information content (AvgIpc) is 2.36. The minimum absolute atomic E-state index is 0.118. The SMILES string of the molecule is C=C(CNC)CN1C(=O)CSC1=O. The van der Waals surface area contributed by atoms with E-state index in [1.807, 2.05) is 0 Å². The fraction of sp³-hybridized carbons (Fsp3) is 0.500. The van der Waals surface area contributed by atoms with Crippen molar-refractivity contribution in [3.8, 4) is 0 Å². The lowest BCUT2D eigenvalue weighted by Gasteiger charge is -2.13. The summed E-state index contributed by atoms with van der Waals surface area (Å²) in [6.45, 7) is 4.72. The molecule has 0 aromatic carbocycles. The normalized spacial score (nSPS) is 16.8. The van der Waals surface area contributed by atoms with E-state index in [9.17, 15) is 9.59 Å². The fourth-order valence-electron chi connectivity index (χ4n) is 1.06. The molecule has 2 amide bonds. The molecule has 0 unspecified atom stereocenters. The number of likely N-dealkylation sites (N-methyl/N-ethyl adjacent to an activating group) is 1. The van der Waals surface area contributed by atoms with Gasteiger partial charge in [-0.05, 0) is 12.6 Å². The number of carbonyl (C=O) groups is 2. The molecule has 5 heteroatoms. The summed E-state index contributed by atoms with van der Waals surface area (Å²) in [4.78, 5) is 23.5. The Bertz CT molecular complexity index is 237. The van der Waals surface area contributed by atoms with Gasteiger partial charge in [0.25, 0.3) is 5.24 Å². The lowest BCUT2D eigenvalue weighted by Crippen LogP contribution is -2.32. The molecule has 0 aromatic rings. The molecule has 1 aliphatic rings. The lowest BCUT2D eigenvalue weighted by atomic mass is 10.3. The van der Waals surface area contributed by atoms with Crippen molar-refractivity contribution < 1.29 is 9.59 Å². The van der Waals surface area contributed by atoms with Gasteiger partial charge < -0.3 is 5.32 Å². The standard InChI is InChI=1S/C8H12N2O2S/c1-6(3-9-2)4-10-7(11)5-13-8(10)12/h9H,1,3-5H2,2H3. The fourth-order valence-corrected chi connectivity index (χ4v) is 1.79. The highest BCUT2D eigenvalue weighted by molar-refractivity contribution is 8.14. The molecule has 1 N–H and O–H groups in total. The van der Waals surface area contributed by atoms with Gasteiger partial charge in [0.05, 0.1) is 12.3 Å². The predicted octanol–water partition coefficient (Wildman–Crippen LogP) is 0.457. The maximum Gasteiger partial charge on any atom is 0.289 e. The van der Waals surface area contributed by atoms with Gasteiger partial charge in [-0.15, -0.1) is 0 Å². The highest BCUT2D eigenvalue weighted by Crippen LogP contribution is 2.19. The first-order valence-electron chi connectivity index (χ1n) is 3.93. The summed E-state index contributed by atoms with van der Waals surface area (Å²) in [5.41, 5.74) is 0.840. The molecule has 1 rings (SSSR count). The summed E-state index contributed by atoms with van der Waals surface area (Å²) in [5, 5.41) is 2.75. The Labute approximate surface area is 81.4 Å². The minimum Gasteiger partial charge on any atom is -0.316 e. The van der Waals surface area contributed by atoms with Gasteiger partial charge in [0.15, 0.2) is 0 Å². The van der Waals surface area contributed by atoms with Gasteiger partial charge in [-0.2, -0.15) is 0 Å². The first-order chi connectivity index (χ1) is 6.15. The van der Waals surface area contributed by atoms with E-state index in [1.165, 1.54) is 4.90 Å². The summed E-state index contributed by atoms with van der Waals surface area (Å²) < 4.78 is 0. The first kappa shape index (κ1) is 10.3. The van der Waals surface area contributed by atoms with E-state index < -0.39 is 0 Å². The number of nitrogens with one attached hydrogen (secondary N) is 1. The van der Waals surface area contributed by atoms with Crippen LogP contribution in [0.5, 0.6) is 0 Å². The molecule has 1 saturated heterocycles. The van der Waals surface area contributed by atoms with Crippen LogP contribution >= 0.6 is 11.8 Å².